The van der Waals surface area contributed by atoms with Gasteiger partial charge in [0.2, 0.25) is 0 Å². The fourth-order valence-electron chi connectivity index (χ4n) is 3.37. The zero-order chi connectivity index (χ0) is 14.1. The molecule has 0 bridgehead atoms. The predicted molar refractivity (Wildman–Crippen MR) is 79.5 cm³/mol. The molecule has 1 saturated carbocycles. The van der Waals surface area contributed by atoms with Crippen molar-refractivity contribution in [1.29, 1.82) is 0 Å². The van der Waals surface area contributed by atoms with Crippen LogP contribution >= 0.6 is 0 Å². The monoisotopic (exact) mass is 269 g/mol. The van der Waals surface area contributed by atoms with E-state index in [1.165, 1.54) is 51.4 Å². The van der Waals surface area contributed by atoms with E-state index in [-0.39, 0.29) is 5.54 Å². The molecule has 0 aromatic carbocycles. The van der Waals surface area contributed by atoms with E-state index in [0.29, 0.717) is 6.42 Å². The van der Waals surface area contributed by atoms with Crippen molar-refractivity contribution >= 4 is 5.97 Å². The molecule has 0 unspecified atom stereocenters. The van der Waals surface area contributed by atoms with Crippen LogP contribution in [0, 0.1) is 0 Å². The van der Waals surface area contributed by atoms with Crippen molar-refractivity contribution in [1.82, 2.24) is 4.90 Å². The lowest BCUT2D eigenvalue weighted by molar-refractivity contribution is -0.141. The van der Waals surface area contributed by atoms with Gasteiger partial charge >= 0.3 is 5.97 Å². The van der Waals surface area contributed by atoms with Gasteiger partial charge in [-0.1, -0.05) is 51.9 Å². The third-order valence-electron chi connectivity index (χ3n) is 4.67. The SMILES string of the molecule is CCCCCCCN(C)C1(CC(=O)O)CCCCC1. The zero-order valence-electron chi connectivity index (χ0n) is 12.8. The molecule has 0 heterocycles. The first-order valence-electron chi connectivity index (χ1n) is 8.04. The summed E-state index contributed by atoms with van der Waals surface area (Å²) in [5.74, 6) is -0.639. The molecule has 1 aliphatic carbocycles. The lowest BCUT2D eigenvalue weighted by Crippen LogP contribution is -2.49. The number of unbranched alkanes of at least 4 members (excludes halogenated alkanes) is 4. The van der Waals surface area contributed by atoms with E-state index in [2.05, 4.69) is 18.9 Å². The van der Waals surface area contributed by atoms with Crippen LogP contribution in [0.5, 0.6) is 0 Å². The van der Waals surface area contributed by atoms with E-state index in [1.54, 1.807) is 0 Å². The normalized spacial score (nSPS) is 18.7. The Bertz CT molecular complexity index is 259. The van der Waals surface area contributed by atoms with Gasteiger partial charge in [-0.05, 0) is 32.9 Å². The van der Waals surface area contributed by atoms with Crippen molar-refractivity contribution in [2.45, 2.75) is 83.1 Å². The molecule has 0 aliphatic heterocycles. The number of carbonyl (C=O) groups is 1. The molecule has 1 fully saturated rings. The minimum Gasteiger partial charge on any atom is -0.481 e. The summed E-state index contributed by atoms with van der Waals surface area (Å²) in [5, 5.41) is 9.19. The highest BCUT2D eigenvalue weighted by Gasteiger charge is 2.37. The van der Waals surface area contributed by atoms with Crippen molar-refractivity contribution in [3.05, 3.63) is 0 Å². The van der Waals surface area contributed by atoms with Gasteiger partial charge in [0.1, 0.15) is 0 Å². The van der Waals surface area contributed by atoms with E-state index in [0.717, 1.165) is 19.4 Å². The summed E-state index contributed by atoms with van der Waals surface area (Å²) >= 11 is 0. The first-order valence-corrected chi connectivity index (χ1v) is 8.04. The van der Waals surface area contributed by atoms with Crippen LogP contribution in [0.25, 0.3) is 0 Å². The molecule has 0 amide bonds. The summed E-state index contributed by atoms with van der Waals surface area (Å²) in [5.41, 5.74) is -0.0607. The van der Waals surface area contributed by atoms with Gasteiger partial charge < -0.3 is 10.0 Å². The summed E-state index contributed by atoms with van der Waals surface area (Å²) in [6.07, 6.45) is 12.5. The molecule has 0 aromatic heterocycles. The Morgan fingerprint density at radius 3 is 2.32 bits per heavy atom. The van der Waals surface area contributed by atoms with Crippen molar-refractivity contribution in [2.75, 3.05) is 13.6 Å². The third-order valence-corrected chi connectivity index (χ3v) is 4.67. The molecular weight excluding hydrogens is 238 g/mol. The van der Waals surface area contributed by atoms with Crippen LogP contribution < -0.4 is 0 Å². The highest BCUT2D eigenvalue weighted by molar-refractivity contribution is 5.68. The van der Waals surface area contributed by atoms with Gasteiger partial charge in [0, 0.05) is 5.54 Å². The highest BCUT2D eigenvalue weighted by Crippen LogP contribution is 2.36. The van der Waals surface area contributed by atoms with Crippen LogP contribution in [-0.2, 0) is 4.79 Å². The van der Waals surface area contributed by atoms with Crippen LogP contribution in [0.3, 0.4) is 0 Å². The standard InChI is InChI=1S/C16H31NO2/c1-3-4-5-6-10-13-17(2)16(14-15(18)19)11-8-7-9-12-16/h3-14H2,1-2H3,(H,18,19). The fourth-order valence-corrected chi connectivity index (χ4v) is 3.37. The summed E-state index contributed by atoms with van der Waals surface area (Å²) < 4.78 is 0. The number of aliphatic carboxylic acids is 1. The molecule has 0 atom stereocenters. The molecule has 0 spiro atoms. The van der Waals surface area contributed by atoms with Gasteiger partial charge in [0.25, 0.3) is 0 Å². The van der Waals surface area contributed by atoms with E-state index >= 15 is 0 Å². The highest BCUT2D eigenvalue weighted by atomic mass is 16.4. The quantitative estimate of drug-likeness (QED) is 0.642. The number of hydrogen-bond acceptors (Lipinski definition) is 2. The van der Waals surface area contributed by atoms with Crippen LogP contribution in [0.4, 0.5) is 0 Å². The van der Waals surface area contributed by atoms with Crippen molar-refractivity contribution in [3.63, 3.8) is 0 Å². The maximum absolute atomic E-state index is 11.2. The molecule has 112 valence electrons. The molecule has 3 nitrogen and oxygen atoms in total. The fraction of sp³-hybridized carbons (Fsp3) is 0.938. The van der Waals surface area contributed by atoms with Crippen LogP contribution in [0.1, 0.15) is 77.6 Å². The maximum Gasteiger partial charge on any atom is 0.305 e. The Balaban J connectivity index is 2.42. The Kier molecular flexibility index (Phi) is 7.44. The predicted octanol–water partition coefficient (Wildman–Crippen LogP) is 4.07. The van der Waals surface area contributed by atoms with Crippen LogP contribution in [0.15, 0.2) is 0 Å². The van der Waals surface area contributed by atoms with Gasteiger partial charge in [-0.2, -0.15) is 0 Å². The lowest BCUT2D eigenvalue weighted by Gasteiger charge is -2.44. The smallest absolute Gasteiger partial charge is 0.305 e. The molecule has 0 radical (unpaired) electrons. The Morgan fingerprint density at radius 2 is 1.74 bits per heavy atom. The summed E-state index contributed by atoms with van der Waals surface area (Å²) in [7, 11) is 2.13. The summed E-state index contributed by atoms with van der Waals surface area (Å²) in [4.78, 5) is 13.5. The lowest BCUT2D eigenvalue weighted by atomic mass is 9.78. The number of carboxylic acids is 1. The average Bonchev–Trinajstić information content (AvgIpc) is 2.38. The number of rotatable bonds is 9. The van der Waals surface area contributed by atoms with Crippen LogP contribution in [-0.4, -0.2) is 35.1 Å². The number of hydrogen-bond donors (Lipinski definition) is 1. The number of carboxylic acid groups (broad SMARTS) is 1. The van der Waals surface area contributed by atoms with Gasteiger partial charge in [-0.3, -0.25) is 4.79 Å². The Labute approximate surface area is 118 Å². The molecular formula is C16H31NO2. The Hall–Kier alpha value is -0.570. The Morgan fingerprint density at radius 1 is 1.11 bits per heavy atom. The van der Waals surface area contributed by atoms with Gasteiger partial charge in [-0.25, -0.2) is 0 Å². The topological polar surface area (TPSA) is 40.5 Å². The maximum atomic E-state index is 11.2. The van der Waals surface area contributed by atoms with Crippen LogP contribution in [0.2, 0.25) is 0 Å². The summed E-state index contributed by atoms with van der Waals surface area (Å²) in [6, 6.07) is 0. The van der Waals surface area contributed by atoms with E-state index in [9.17, 15) is 9.90 Å². The minimum atomic E-state index is -0.639. The molecule has 19 heavy (non-hydrogen) atoms. The molecule has 3 heteroatoms. The second-order valence-electron chi connectivity index (χ2n) is 6.19. The zero-order valence-corrected chi connectivity index (χ0v) is 12.8. The first-order chi connectivity index (χ1) is 9.10. The molecule has 1 aliphatic rings. The van der Waals surface area contributed by atoms with E-state index in [4.69, 9.17) is 0 Å². The summed E-state index contributed by atoms with van der Waals surface area (Å²) in [6.45, 7) is 3.28. The third kappa shape index (κ3) is 5.52. The van der Waals surface area contributed by atoms with Gasteiger partial charge in [-0.15, -0.1) is 0 Å². The van der Waals surface area contributed by atoms with Gasteiger partial charge in [0.15, 0.2) is 0 Å². The second kappa shape index (κ2) is 8.57. The first kappa shape index (κ1) is 16.5. The minimum absolute atomic E-state index is 0.0607. The molecule has 0 saturated heterocycles. The molecule has 1 rings (SSSR count). The van der Waals surface area contributed by atoms with Crippen molar-refractivity contribution in [3.8, 4) is 0 Å². The average molecular weight is 269 g/mol. The molecule has 0 aromatic rings. The van der Waals surface area contributed by atoms with Crippen molar-refractivity contribution < 1.29 is 9.90 Å². The van der Waals surface area contributed by atoms with E-state index < -0.39 is 5.97 Å². The molecule has 1 N–H and O–H groups in total. The largest absolute Gasteiger partial charge is 0.481 e. The number of nitrogens with zero attached hydrogens (tertiary/aromatic N) is 1. The van der Waals surface area contributed by atoms with Crippen molar-refractivity contribution in [2.24, 2.45) is 0 Å². The van der Waals surface area contributed by atoms with E-state index in [1.807, 2.05) is 0 Å². The second-order valence-corrected chi connectivity index (χ2v) is 6.19. The van der Waals surface area contributed by atoms with Gasteiger partial charge in [0.05, 0.1) is 6.42 Å².